The largest absolute Gasteiger partial charge is 0.445 e. The van der Waals surface area contributed by atoms with E-state index in [0.29, 0.717) is 6.42 Å². The Morgan fingerprint density at radius 2 is 1.76 bits per heavy atom. The van der Waals surface area contributed by atoms with Crippen molar-refractivity contribution in [2.45, 2.75) is 77.3 Å². The van der Waals surface area contributed by atoms with Gasteiger partial charge in [0.15, 0.2) is 5.78 Å². The molecule has 2 bridgehead atoms. The maximum Gasteiger partial charge on any atom is 0.410 e. The average Bonchev–Trinajstić information content (AvgIpc) is 2.99. The van der Waals surface area contributed by atoms with Crippen molar-refractivity contribution in [2.75, 3.05) is 6.54 Å². The number of Topliss-reactive ketones (excluding diaryl/α,β-unsaturated/α-hetero) is 1. The molecule has 2 heterocycles. The molecule has 2 aliphatic rings. The summed E-state index contributed by atoms with van der Waals surface area (Å²) >= 11 is 0. The number of hydrogen-bond acceptors (Lipinski definition) is 5. The van der Waals surface area contributed by atoms with Gasteiger partial charge < -0.3 is 9.47 Å². The van der Waals surface area contributed by atoms with Crippen molar-refractivity contribution in [3.63, 3.8) is 0 Å². The van der Waals surface area contributed by atoms with Gasteiger partial charge in [0.2, 0.25) is 0 Å². The van der Waals surface area contributed by atoms with Crippen molar-refractivity contribution < 1.29 is 23.9 Å². The van der Waals surface area contributed by atoms with Gasteiger partial charge in [-0.1, -0.05) is 37.3 Å². The lowest BCUT2D eigenvalue weighted by Crippen LogP contribution is -2.65. The second-order valence-corrected chi connectivity index (χ2v) is 8.64. The monoisotopic (exact) mass is 402 g/mol. The molecule has 2 fully saturated rings. The Bertz CT molecular complexity index is 758. The lowest BCUT2D eigenvalue weighted by Gasteiger charge is -2.45. The summed E-state index contributed by atoms with van der Waals surface area (Å²) in [7, 11) is 0. The molecule has 3 rings (SSSR count). The second kappa shape index (κ2) is 8.43. The topological polar surface area (TPSA) is 76.2 Å². The highest BCUT2D eigenvalue weighted by atomic mass is 16.6. The molecule has 0 radical (unpaired) electrons. The summed E-state index contributed by atoms with van der Waals surface area (Å²) in [5.74, 6) is -0.0689. The van der Waals surface area contributed by atoms with E-state index in [1.807, 2.05) is 51.1 Å². The van der Waals surface area contributed by atoms with Gasteiger partial charge in [-0.05, 0) is 39.2 Å². The fourth-order valence-corrected chi connectivity index (χ4v) is 4.14. The Morgan fingerprint density at radius 1 is 1.07 bits per heavy atom. The minimum Gasteiger partial charge on any atom is -0.445 e. The minimum absolute atomic E-state index is 0.0689. The first-order valence-electron chi connectivity index (χ1n) is 10.2. The summed E-state index contributed by atoms with van der Waals surface area (Å²) in [6.07, 6.45) is 0.761. The van der Waals surface area contributed by atoms with Gasteiger partial charge in [-0.3, -0.25) is 14.6 Å². The summed E-state index contributed by atoms with van der Waals surface area (Å²) in [5.41, 5.74) is 0.265. The van der Waals surface area contributed by atoms with Crippen LogP contribution in [-0.2, 0) is 20.9 Å². The van der Waals surface area contributed by atoms with Crippen LogP contribution in [0.4, 0.5) is 9.59 Å². The molecule has 1 aromatic carbocycles. The van der Waals surface area contributed by atoms with Gasteiger partial charge >= 0.3 is 12.2 Å². The third kappa shape index (κ3) is 4.71. The van der Waals surface area contributed by atoms with E-state index >= 15 is 0 Å². The normalized spacial score (nSPS) is 23.7. The molecule has 0 spiro atoms. The minimum atomic E-state index is -0.699. The standard InChI is InChI=1S/C22H30N2O5/c1-5-18(25)19-17-12-11-16(24(17)21(27)29-22(2,3)4)13-23(19)20(26)28-14-15-9-7-6-8-10-15/h6-10,16-17,19H,5,11-14H2,1-4H3/t16-,17+,19+/m1/s1. The van der Waals surface area contributed by atoms with Crippen LogP contribution in [-0.4, -0.2) is 58.0 Å². The molecule has 2 aliphatic heterocycles. The van der Waals surface area contributed by atoms with Crippen LogP contribution in [0.25, 0.3) is 0 Å². The van der Waals surface area contributed by atoms with Crippen molar-refractivity contribution in [3.05, 3.63) is 35.9 Å². The van der Waals surface area contributed by atoms with Gasteiger partial charge in [0.1, 0.15) is 18.2 Å². The lowest BCUT2D eigenvalue weighted by atomic mass is 9.97. The molecule has 0 N–H and O–H groups in total. The molecule has 0 saturated carbocycles. The first kappa shape index (κ1) is 21.1. The Kier molecular flexibility index (Phi) is 6.15. The Hall–Kier alpha value is -2.57. The molecule has 29 heavy (non-hydrogen) atoms. The fourth-order valence-electron chi connectivity index (χ4n) is 4.14. The zero-order valence-corrected chi connectivity index (χ0v) is 17.6. The maximum absolute atomic E-state index is 12.8. The number of amides is 2. The van der Waals surface area contributed by atoms with Crippen LogP contribution in [0.3, 0.4) is 0 Å². The highest BCUT2D eigenvalue weighted by Crippen LogP contribution is 2.36. The lowest BCUT2D eigenvalue weighted by molar-refractivity contribution is -0.128. The zero-order chi connectivity index (χ0) is 21.2. The Balaban J connectivity index is 1.76. The predicted molar refractivity (Wildman–Crippen MR) is 107 cm³/mol. The van der Waals surface area contributed by atoms with Gasteiger partial charge in [-0.25, -0.2) is 9.59 Å². The first-order chi connectivity index (χ1) is 13.7. The van der Waals surface area contributed by atoms with E-state index in [9.17, 15) is 14.4 Å². The number of ether oxygens (including phenoxy) is 2. The van der Waals surface area contributed by atoms with Gasteiger partial charge in [0.25, 0.3) is 0 Å². The van der Waals surface area contributed by atoms with E-state index < -0.39 is 23.8 Å². The van der Waals surface area contributed by atoms with E-state index in [1.54, 1.807) is 11.8 Å². The molecule has 7 heteroatoms. The number of fused-ring (bicyclic) bond motifs is 2. The van der Waals surface area contributed by atoms with E-state index in [2.05, 4.69) is 0 Å². The number of hydrogen-bond donors (Lipinski definition) is 0. The summed E-state index contributed by atoms with van der Waals surface area (Å²) in [5, 5.41) is 0. The Morgan fingerprint density at radius 3 is 2.38 bits per heavy atom. The van der Waals surface area contributed by atoms with Crippen molar-refractivity contribution in [1.82, 2.24) is 9.80 Å². The summed E-state index contributed by atoms with van der Waals surface area (Å²) in [6, 6.07) is 8.18. The highest BCUT2D eigenvalue weighted by Gasteiger charge is 2.53. The number of carbonyl (C=O) groups is 3. The number of rotatable bonds is 4. The zero-order valence-electron chi connectivity index (χ0n) is 17.6. The number of ketones is 1. The van der Waals surface area contributed by atoms with E-state index in [1.165, 1.54) is 4.90 Å². The van der Waals surface area contributed by atoms with Crippen molar-refractivity contribution in [3.8, 4) is 0 Å². The van der Waals surface area contributed by atoms with Crippen LogP contribution in [0.5, 0.6) is 0 Å². The Labute approximate surface area is 171 Å². The van der Waals surface area contributed by atoms with E-state index in [0.717, 1.165) is 12.0 Å². The van der Waals surface area contributed by atoms with Crippen LogP contribution in [0, 0.1) is 0 Å². The number of likely N-dealkylation sites (tertiary alicyclic amines) is 1. The van der Waals surface area contributed by atoms with Gasteiger partial charge in [0, 0.05) is 13.0 Å². The molecule has 1 aromatic rings. The molecule has 0 aliphatic carbocycles. The first-order valence-corrected chi connectivity index (χ1v) is 10.2. The number of benzene rings is 1. The predicted octanol–water partition coefficient (Wildman–Crippen LogP) is 3.75. The van der Waals surface area contributed by atoms with Crippen molar-refractivity contribution in [2.24, 2.45) is 0 Å². The summed E-state index contributed by atoms with van der Waals surface area (Å²) < 4.78 is 11.1. The third-order valence-corrected chi connectivity index (χ3v) is 5.38. The van der Waals surface area contributed by atoms with Gasteiger partial charge in [0.05, 0.1) is 12.1 Å². The molecule has 3 atom stereocenters. The average molecular weight is 402 g/mol. The van der Waals surface area contributed by atoms with Crippen LogP contribution >= 0.6 is 0 Å². The second-order valence-electron chi connectivity index (χ2n) is 8.64. The SMILES string of the molecule is CCC(=O)[C@@H]1[C@@H]2CC[C@H](CN1C(=O)OCc1ccccc1)N2C(=O)OC(C)(C)C. The van der Waals surface area contributed by atoms with Crippen LogP contribution in [0.1, 0.15) is 52.5 Å². The third-order valence-electron chi connectivity index (χ3n) is 5.38. The fraction of sp³-hybridized carbons (Fsp3) is 0.591. The summed E-state index contributed by atoms with van der Waals surface area (Å²) in [6.45, 7) is 7.65. The van der Waals surface area contributed by atoms with Crippen LogP contribution in [0.15, 0.2) is 30.3 Å². The number of piperazine rings is 1. The van der Waals surface area contributed by atoms with E-state index in [-0.39, 0.29) is 37.4 Å². The van der Waals surface area contributed by atoms with Gasteiger partial charge in [-0.15, -0.1) is 0 Å². The van der Waals surface area contributed by atoms with Crippen LogP contribution in [0.2, 0.25) is 0 Å². The molecular weight excluding hydrogens is 372 g/mol. The number of nitrogens with zero attached hydrogens (tertiary/aromatic N) is 2. The highest BCUT2D eigenvalue weighted by molar-refractivity contribution is 5.89. The van der Waals surface area contributed by atoms with E-state index in [4.69, 9.17) is 9.47 Å². The van der Waals surface area contributed by atoms with Crippen molar-refractivity contribution in [1.29, 1.82) is 0 Å². The molecule has 2 amide bonds. The van der Waals surface area contributed by atoms with Gasteiger partial charge in [-0.2, -0.15) is 0 Å². The smallest absolute Gasteiger partial charge is 0.410 e. The molecule has 7 nitrogen and oxygen atoms in total. The molecular formula is C22H30N2O5. The molecule has 158 valence electrons. The molecule has 0 unspecified atom stereocenters. The molecule has 0 aromatic heterocycles. The van der Waals surface area contributed by atoms with Crippen molar-refractivity contribution >= 4 is 18.0 Å². The number of carbonyl (C=O) groups excluding carboxylic acids is 3. The maximum atomic E-state index is 12.8. The van der Waals surface area contributed by atoms with Crippen LogP contribution < -0.4 is 0 Å². The summed E-state index contributed by atoms with van der Waals surface area (Å²) in [4.78, 5) is 41.6. The molecule has 2 saturated heterocycles. The quantitative estimate of drug-likeness (QED) is 0.767.